The highest BCUT2D eigenvalue weighted by Crippen LogP contribution is 2.47. The summed E-state index contributed by atoms with van der Waals surface area (Å²) in [6.45, 7) is 18.2. The van der Waals surface area contributed by atoms with Crippen molar-refractivity contribution in [1.29, 1.82) is 0 Å². The molecule has 1 saturated carbocycles. The Balaban J connectivity index is 1.38. The molecule has 1 saturated heterocycles. The van der Waals surface area contributed by atoms with Gasteiger partial charge in [-0.3, -0.25) is 19.3 Å². The van der Waals surface area contributed by atoms with Gasteiger partial charge in [-0.25, -0.2) is 4.21 Å². The number of carbonyl (C=O) groups excluding carboxylic acids is 1. The first-order valence-corrected chi connectivity index (χ1v) is 21.3. The Morgan fingerprint density at radius 3 is 2.63 bits per heavy atom. The Hall–Kier alpha value is -2.43. The van der Waals surface area contributed by atoms with Crippen molar-refractivity contribution in [2.75, 3.05) is 64.4 Å². The number of ether oxygens (including phenoxy) is 2. The maximum absolute atomic E-state index is 13.6. The first kappa shape index (κ1) is 39.3. The second-order valence-electron chi connectivity index (χ2n) is 16.1. The summed E-state index contributed by atoms with van der Waals surface area (Å²) in [5.41, 5.74) is 3.52. The second-order valence-corrected chi connectivity index (χ2v) is 18.1. The molecule has 3 heterocycles. The van der Waals surface area contributed by atoms with E-state index in [0.717, 1.165) is 101 Å². The lowest BCUT2D eigenvalue weighted by Gasteiger charge is -2.51. The molecule has 2 aromatic carbocycles. The molecule has 0 aromatic heterocycles. The van der Waals surface area contributed by atoms with Gasteiger partial charge in [0, 0.05) is 62.4 Å². The van der Waals surface area contributed by atoms with Crippen LogP contribution < -0.4 is 14.4 Å². The third kappa shape index (κ3) is 8.75. The number of halogens is 1. The van der Waals surface area contributed by atoms with Gasteiger partial charge in [-0.2, -0.15) is 0 Å². The minimum absolute atomic E-state index is 0.105. The first-order valence-electron chi connectivity index (χ1n) is 19.7. The zero-order chi connectivity index (χ0) is 37.0. The number of methoxy groups -OCH3 is 1. The molecule has 4 aliphatic rings. The third-order valence-electron chi connectivity index (χ3n) is 12.5. The monoisotopic (exact) mass is 752 g/mol. The lowest BCUT2D eigenvalue weighted by Crippen LogP contribution is -2.56. The number of nitrogens with zero attached hydrogens (tertiary/aromatic N) is 3. The number of anilines is 1. The molecule has 1 aliphatic carbocycles. The highest BCUT2D eigenvalue weighted by molar-refractivity contribution is 7.84. The summed E-state index contributed by atoms with van der Waals surface area (Å²) in [4.78, 5) is 21.3. The summed E-state index contributed by atoms with van der Waals surface area (Å²) in [5, 5.41) is 0.537. The van der Waals surface area contributed by atoms with Crippen LogP contribution >= 0.6 is 11.6 Å². The average Bonchev–Trinajstić information content (AvgIpc) is 3.46. The number of aryl methyl sites for hydroxylation is 1. The Morgan fingerprint density at radius 1 is 1.08 bits per heavy atom. The van der Waals surface area contributed by atoms with Gasteiger partial charge in [-0.1, -0.05) is 50.1 Å². The summed E-state index contributed by atoms with van der Waals surface area (Å²) in [6.07, 6.45) is 10.8. The normalized spacial score (nSPS) is 31.5. The lowest BCUT2D eigenvalue weighted by atomic mass is 9.63. The van der Waals surface area contributed by atoms with Crippen molar-refractivity contribution < 1.29 is 18.5 Å². The molecule has 8 nitrogen and oxygen atoms in total. The molecule has 0 spiro atoms. The zero-order valence-corrected chi connectivity index (χ0v) is 33.8. The fraction of sp³-hybridized carbons (Fsp3) is 0.643. The Morgan fingerprint density at radius 2 is 1.90 bits per heavy atom. The Labute approximate surface area is 320 Å². The van der Waals surface area contributed by atoms with Crippen LogP contribution in [-0.2, 0) is 22.1 Å². The van der Waals surface area contributed by atoms with Crippen molar-refractivity contribution in [2.24, 2.45) is 17.8 Å². The van der Waals surface area contributed by atoms with E-state index in [1.54, 1.807) is 6.07 Å². The number of carbonyl (C=O) groups is 1. The third-order valence-corrected chi connectivity index (χ3v) is 14.2. The van der Waals surface area contributed by atoms with Crippen LogP contribution in [0.1, 0.15) is 94.1 Å². The largest absolute Gasteiger partial charge is 0.491 e. The van der Waals surface area contributed by atoms with E-state index < -0.39 is 16.6 Å². The lowest BCUT2D eigenvalue weighted by molar-refractivity contribution is -0.0910. The minimum atomic E-state index is -1.54. The summed E-state index contributed by atoms with van der Waals surface area (Å²) in [5.74, 6) is 1.41. The number of fused-ring (bicyclic) bond motifs is 2. The van der Waals surface area contributed by atoms with Gasteiger partial charge in [-0.05, 0) is 125 Å². The maximum Gasteiger partial charge on any atom is 0.263 e. The molecule has 2 bridgehead atoms. The molecule has 6 rings (SSSR count). The Kier molecular flexibility index (Phi) is 13.1. The van der Waals surface area contributed by atoms with E-state index in [1.165, 1.54) is 11.1 Å². The molecule has 2 aromatic rings. The van der Waals surface area contributed by atoms with Crippen molar-refractivity contribution in [3.63, 3.8) is 0 Å². The van der Waals surface area contributed by atoms with Crippen LogP contribution in [0.25, 0.3) is 0 Å². The van der Waals surface area contributed by atoms with Crippen LogP contribution in [0.15, 0.2) is 48.6 Å². The van der Waals surface area contributed by atoms with E-state index in [2.05, 4.69) is 71.4 Å². The number of allylic oxidation sites excluding steroid dienone is 1. The number of hydrogen-bond donors (Lipinski definition) is 1. The molecule has 1 N–H and O–H groups in total. The molecule has 1 amide bonds. The molecule has 52 heavy (non-hydrogen) atoms. The highest BCUT2D eigenvalue weighted by Gasteiger charge is 2.48. The average molecular weight is 753 g/mol. The SMILES string of the molecule is CCCc1cc(Cl)ccc1C1COc2ccc3cc2N(C1)CC1CCC1C(CN1CCCN(C(C)C)CC1)(OC)/C=C/CC(C)C(C)S(=O)NC3=O. The van der Waals surface area contributed by atoms with Crippen LogP contribution in [-0.4, -0.2) is 96.3 Å². The fourth-order valence-electron chi connectivity index (χ4n) is 8.89. The van der Waals surface area contributed by atoms with E-state index >= 15 is 0 Å². The van der Waals surface area contributed by atoms with Crippen LogP contribution in [0.4, 0.5) is 5.69 Å². The second kappa shape index (κ2) is 17.4. The van der Waals surface area contributed by atoms with Crippen LogP contribution in [0.5, 0.6) is 5.75 Å². The van der Waals surface area contributed by atoms with Gasteiger partial charge >= 0.3 is 0 Å². The summed E-state index contributed by atoms with van der Waals surface area (Å²) in [6, 6.07) is 12.5. The molecular formula is C42H61ClN4O4S. The molecule has 286 valence electrons. The number of hydrogen-bond acceptors (Lipinski definition) is 7. The highest BCUT2D eigenvalue weighted by atomic mass is 35.5. The van der Waals surface area contributed by atoms with Crippen molar-refractivity contribution in [3.8, 4) is 5.75 Å². The van der Waals surface area contributed by atoms with Crippen molar-refractivity contribution >= 4 is 34.2 Å². The van der Waals surface area contributed by atoms with Gasteiger partial charge in [0.15, 0.2) is 0 Å². The van der Waals surface area contributed by atoms with E-state index in [1.807, 2.05) is 32.2 Å². The topological polar surface area (TPSA) is 74.3 Å². The van der Waals surface area contributed by atoms with E-state index in [-0.39, 0.29) is 23.0 Å². The molecule has 7 atom stereocenters. The molecule has 2 fully saturated rings. The molecular weight excluding hydrogens is 692 g/mol. The number of rotatable bonds is 7. The van der Waals surface area contributed by atoms with Gasteiger partial charge in [0.05, 0.1) is 17.5 Å². The van der Waals surface area contributed by atoms with Crippen molar-refractivity contribution in [3.05, 3.63) is 70.3 Å². The molecule has 0 radical (unpaired) electrons. The van der Waals surface area contributed by atoms with E-state index in [4.69, 9.17) is 21.1 Å². The number of nitrogens with one attached hydrogen (secondary N) is 1. The van der Waals surface area contributed by atoms with Crippen LogP contribution in [0.3, 0.4) is 0 Å². The van der Waals surface area contributed by atoms with Crippen LogP contribution in [0, 0.1) is 17.8 Å². The molecule has 7 unspecified atom stereocenters. The predicted molar refractivity (Wildman–Crippen MR) is 214 cm³/mol. The Bertz CT molecular complexity index is 1600. The van der Waals surface area contributed by atoms with Gasteiger partial charge in [0.2, 0.25) is 0 Å². The summed E-state index contributed by atoms with van der Waals surface area (Å²) >= 11 is 6.51. The summed E-state index contributed by atoms with van der Waals surface area (Å²) < 4.78 is 29.7. The van der Waals surface area contributed by atoms with Gasteiger partial charge < -0.3 is 14.4 Å². The quantitative estimate of drug-likeness (QED) is 0.294. The van der Waals surface area contributed by atoms with E-state index in [0.29, 0.717) is 30.0 Å². The molecule has 10 heteroatoms. The van der Waals surface area contributed by atoms with Crippen LogP contribution in [0.2, 0.25) is 5.02 Å². The minimum Gasteiger partial charge on any atom is -0.491 e. The number of benzene rings is 2. The zero-order valence-electron chi connectivity index (χ0n) is 32.2. The van der Waals surface area contributed by atoms with Gasteiger partial charge in [0.25, 0.3) is 5.91 Å². The van der Waals surface area contributed by atoms with Gasteiger partial charge in [-0.15, -0.1) is 0 Å². The van der Waals surface area contributed by atoms with E-state index in [9.17, 15) is 9.00 Å². The molecule has 3 aliphatic heterocycles. The number of amides is 1. The first-order chi connectivity index (χ1) is 25.0. The standard InChI is InChI=1S/C42H61ClN4O4S/c1-7-10-32-23-36(43)14-15-37(32)35-26-47-25-34-12-16-38(34)42(50-6,28-45-19-9-20-46(22-21-45)29(2)3)18-8-11-30(4)31(5)52(49)44-41(48)33-13-17-40(51-27-35)39(47)24-33/h8,13-15,17-18,23-24,29-31,34-35,38H,7,9-12,16,19-22,25-28H2,1-6H3,(H,44,48)/b18-8+. The fourth-order valence-corrected chi connectivity index (χ4v) is 10.1. The smallest absolute Gasteiger partial charge is 0.263 e. The van der Waals surface area contributed by atoms with Crippen molar-refractivity contribution in [1.82, 2.24) is 14.5 Å². The summed E-state index contributed by atoms with van der Waals surface area (Å²) in [7, 11) is 0.362. The maximum atomic E-state index is 13.6. The van der Waals surface area contributed by atoms with Crippen molar-refractivity contribution in [2.45, 2.75) is 96.0 Å². The predicted octanol–water partition coefficient (Wildman–Crippen LogP) is 7.48. The van der Waals surface area contributed by atoms with Gasteiger partial charge in [0.1, 0.15) is 22.3 Å².